The Kier molecular flexibility index (Phi) is 4.69. The van der Waals surface area contributed by atoms with E-state index in [2.05, 4.69) is 4.98 Å². The highest BCUT2D eigenvalue weighted by Gasteiger charge is 2.30. The Morgan fingerprint density at radius 1 is 1.25 bits per heavy atom. The summed E-state index contributed by atoms with van der Waals surface area (Å²) in [5, 5.41) is 0. The highest BCUT2D eigenvalue weighted by atomic mass is 16.1. The maximum Gasteiger partial charge on any atom is 0.166 e. The van der Waals surface area contributed by atoms with E-state index in [-0.39, 0.29) is 23.9 Å². The summed E-state index contributed by atoms with van der Waals surface area (Å²) < 4.78 is 0. The van der Waals surface area contributed by atoms with Gasteiger partial charge in [-0.25, -0.2) is 0 Å². The molecule has 0 aliphatic heterocycles. The molecule has 0 saturated heterocycles. The van der Waals surface area contributed by atoms with Crippen LogP contribution in [0.5, 0.6) is 0 Å². The molecule has 1 rings (SSSR count). The van der Waals surface area contributed by atoms with E-state index in [1.807, 2.05) is 20.8 Å². The van der Waals surface area contributed by atoms with E-state index in [9.17, 15) is 14.4 Å². The summed E-state index contributed by atoms with van der Waals surface area (Å²) in [6.07, 6.45) is 0.972. The number of hydrogen-bond acceptors (Lipinski definition) is 3. The molecule has 0 saturated carbocycles. The van der Waals surface area contributed by atoms with Gasteiger partial charge in [0.2, 0.25) is 0 Å². The lowest BCUT2D eigenvalue weighted by molar-refractivity contribution is -0.131. The highest BCUT2D eigenvalue weighted by molar-refractivity contribution is 5.92. The molecule has 1 unspecified atom stereocenters. The van der Waals surface area contributed by atoms with Crippen LogP contribution in [0.2, 0.25) is 0 Å². The predicted octanol–water partition coefficient (Wildman–Crippen LogP) is 3.12. The summed E-state index contributed by atoms with van der Waals surface area (Å²) in [6, 6.07) is 0. The summed E-state index contributed by atoms with van der Waals surface area (Å²) in [7, 11) is 0. The van der Waals surface area contributed by atoms with Crippen molar-refractivity contribution in [3.63, 3.8) is 0 Å². The molecule has 0 aliphatic carbocycles. The van der Waals surface area contributed by atoms with E-state index < -0.39 is 5.41 Å². The van der Waals surface area contributed by atoms with Crippen LogP contribution in [0.3, 0.4) is 0 Å². The molecule has 4 nitrogen and oxygen atoms in total. The highest BCUT2D eigenvalue weighted by Crippen LogP contribution is 2.29. The Balaban J connectivity index is 3.01. The molecule has 0 bridgehead atoms. The summed E-state index contributed by atoms with van der Waals surface area (Å²) >= 11 is 0. The number of hydrogen-bond donors (Lipinski definition) is 1. The van der Waals surface area contributed by atoms with Gasteiger partial charge in [0.15, 0.2) is 6.29 Å². The van der Waals surface area contributed by atoms with Crippen molar-refractivity contribution >= 4 is 17.9 Å². The zero-order valence-electron chi connectivity index (χ0n) is 13.1. The minimum Gasteiger partial charge on any atom is -0.355 e. The van der Waals surface area contributed by atoms with Crippen molar-refractivity contribution in [1.82, 2.24) is 4.98 Å². The average molecular weight is 277 g/mol. The van der Waals surface area contributed by atoms with Gasteiger partial charge in [-0.05, 0) is 38.8 Å². The van der Waals surface area contributed by atoms with Gasteiger partial charge in [-0.3, -0.25) is 14.4 Å². The Morgan fingerprint density at radius 2 is 1.80 bits per heavy atom. The second-order valence-corrected chi connectivity index (χ2v) is 6.13. The van der Waals surface area contributed by atoms with Gasteiger partial charge in [0.05, 0.1) is 11.6 Å². The number of ketones is 2. The largest absolute Gasteiger partial charge is 0.355 e. The number of carbonyl (C=O) groups excluding carboxylic acids is 3. The van der Waals surface area contributed by atoms with Gasteiger partial charge in [-0.1, -0.05) is 13.8 Å². The minimum absolute atomic E-state index is 0.00557. The monoisotopic (exact) mass is 277 g/mol. The summed E-state index contributed by atoms with van der Waals surface area (Å²) in [5.74, 6) is -0.334. The molecule has 0 spiro atoms. The van der Waals surface area contributed by atoms with Gasteiger partial charge in [-0.15, -0.1) is 0 Å². The fourth-order valence-corrected chi connectivity index (χ4v) is 2.16. The van der Waals surface area contributed by atoms with Crippen LogP contribution in [0.15, 0.2) is 0 Å². The first kappa shape index (κ1) is 16.3. The molecule has 1 N–H and O–H groups in total. The first-order valence-corrected chi connectivity index (χ1v) is 6.79. The second-order valence-electron chi connectivity index (χ2n) is 6.13. The van der Waals surface area contributed by atoms with Crippen LogP contribution in [0.1, 0.15) is 67.3 Å². The van der Waals surface area contributed by atoms with Crippen molar-refractivity contribution in [2.75, 3.05) is 0 Å². The van der Waals surface area contributed by atoms with Gasteiger partial charge in [0.1, 0.15) is 11.6 Å². The SMILES string of the molecule is CC(=O)C(C)(C)CC(=O)C(C)c1[nH]c(C=O)c(C)c1C. The van der Waals surface area contributed by atoms with Crippen LogP contribution in [0, 0.1) is 19.3 Å². The van der Waals surface area contributed by atoms with Gasteiger partial charge in [0, 0.05) is 17.5 Å². The zero-order chi connectivity index (χ0) is 15.7. The lowest BCUT2D eigenvalue weighted by Gasteiger charge is -2.22. The average Bonchev–Trinajstić information content (AvgIpc) is 2.64. The summed E-state index contributed by atoms with van der Waals surface area (Å²) in [6.45, 7) is 10.6. The third-order valence-corrected chi connectivity index (χ3v) is 4.24. The smallest absolute Gasteiger partial charge is 0.166 e. The fourth-order valence-electron chi connectivity index (χ4n) is 2.16. The van der Waals surface area contributed by atoms with Crippen molar-refractivity contribution in [1.29, 1.82) is 0 Å². The van der Waals surface area contributed by atoms with Crippen LogP contribution in [0.25, 0.3) is 0 Å². The molecule has 0 aliphatic rings. The molecule has 0 amide bonds. The molecular weight excluding hydrogens is 254 g/mol. The number of aromatic nitrogens is 1. The van der Waals surface area contributed by atoms with E-state index >= 15 is 0 Å². The number of rotatable bonds is 6. The third-order valence-electron chi connectivity index (χ3n) is 4.24. The van der Waals surface area contributed by atoms with E-state index in [4.69, 9.17) is 0 Å². The van der Waals surface area contributed by atoms with Crippen LogP contribution in [-0.2, 0) is 9.59 Å². The lowest BCUT2D eigenvalue weighted by Crippen LogP contribution is -2.27. The molecule has 110 valence electrons. The Labute approximate surface area is 120 Å². The molecule has 0 fully saturated rings. The van der Waals surface area contributed by atoms with Gasteiger partial charge < -0.3 is 4.98 Å². The maximum atomic E-state index is 12.4. The lowest BCUT2D eigenvalue weighted by atomic mass is 9.80. The third kappa shape index (κ3) is 3.06. The number of aldehydes is 1. The Hall–Kier alpha value is -1.71. The first-order valence-electron chi connectivity index (χ1n) is 6.79. The molecule has 1 aromatic rings. The van der Waals surface area contributed by atoms with E-state index in [0.29, 0.717) is 5.69 Å². The van der Waals surface area contributed by atoms with Crippen LogP contribution in [-0.4, -0.2) is 22.8 Å². The van der Waals surface area contributed by atoms with Gasteiger partial charge in [0.25, 0.3) is 0 Å². The molecule has 4 heteroatoms. The van der Waals surface area contributed by atoms with Crippen LogP contribution in [0.4, 0.5) is 0 Å². The van der Waals surface area contributed by atoms with Crippen molar-refractivity contribution < 1.29 is 14.4 Å². The Bertz CT molecular complexity index is 552. The molecule has 20 heavy (non-hydrogen) atoms. The predicted molar refractivity (Wildman–Crippen MR) is 78.2 cm³/mol. The topological polar surface area (TPSA) is 67.0 Å². The molecule has 0 aromatic carbocycles. The van der Waals surface area contributed by atoms with Gasteiger partial charge >= 0.3 is 0 Å². The van der Waals surface area contributed by atoms with Crippen LogP contribution < -0.4 is 0 Å². The van der Waals surface area contributed by atoms with Gasteiger partial charge in [-0.2, -0.15) is 0 Å². The molecule has 1 heterocycles. The minimum atomic E-state index is -0.644. The van der Waals surface area contributed by atoms with E-state index in [1.165, 1.54) is 6.92 Å². The molecule has 1 atom stereocenters. The molecular formula is C16H23NO3. The van der Waals surface area contributed by atoms with E-state index in [0.717, 1.165) is 23.1 Å². The number of H-pyrrole nitrogens is 1. The van der Waals surface area contributed by atoms with Crippen molar-refractivity contribution in [3.8, 4) is 0 Å². The van der Waals surface area contributed by atoms with Crippen molar-refractivity contribution in [2.24, 2.45) is 5.41 Å². The van der Waals surface area contributed by atoms with Crippen molar-refractivity contribution in [2.45, 2.75) is 53.9 Å². The Morgan fingerprint density at radius 3 is 2.20 bits per heavy atom. The number of Topliss-reactive ketones (excluding diaryl/α,β-unsaturated/α-hetero) is 2. The zero-order valence-corrected chi connectivity index (χ0v) is 13.1. The van der Waals surface area contributed by atoms with E-state index in [1.54, 1.807) is 13.8 Å². The number of nitrogens with one attached hydrogen (secondary N) is 1. The standard InChI is InChI=1S/C16H23NO3/c1-9-10(2)15(17-13(9)8-18)11(3)14(20)7-16(5,6)12(4)19/h8,11,17H,7H2,1-6H3. The number of carbonyl (C=O) groups is 3. The number of aromatic amines is 1. The maximum absolute atomic E-state index is 12.4. The van der Waals surface area contributed by atoms with Crippen LogP contribution >= 0.6 is 0 Å². The molecule has 1 aromatic heterocycles. The molecule has 0 radical (unpaired) electrons. The van der Waals surface area contributed by atoms with Crippen molar-refractivity contribution in [3.05, 3.63) is 22.5 Å². The summed E-state index contributed by atoms with van der Waals surface area (Å²) in [5.41, 5.74) is 2.46. The fraction of sp³-hybridized carbons (Fsp3) is 0.562. The summed E-state index contributed by atoms with van der Waals surface area (Å²) in [4.78, 5) is 37.9. The normalized spacial score (nSPS) is 13.1. The first-order chi connectivity index (χ1) is 9.11. The quantitative estimate of drug-likeness (QED) is 0.812. The second kappa shape index (κ2) is 5.73.